The number of amides is 2. The topological polar surface area (TPSA) is 91.6 Å². The van der Waals surface area contributed by atoms with Crippen LogP contribution in [0.15, 0.2) is 30.3 Å². The first-order valence-corrected chi connectivity index (χ1v) is 10.2. The summed E-state index contributed by atoms with van der Waals surface area (Å²) >= 11 is 6.38. The number of aromatic nitrogens is 3. The molecule has 0 aliphatic carbocycles. The molecule has 1 saturated heterocycles. The molecule has 2 amide bonds. The summed E-state index contributed by atoms with van der Waals surface area (Å²) in [6.07, 6.45) is 0.858. The zero-order valence-corrected chi connectivity index (χ0v) is 17.8. The molecule has 0 bridgehead atoms. The van der Waals surface area contributed by atoms with Crippen molar-refractivity contribution in [2.75, 3.05) is 23.3 Å². The number of carbonyl (C=O) groups is 2. The first kappa shape index (κ1) is 20.2. The summed E-state index contributed by atoms with van der Waals surface area (Å²) in [7, 11) is 0. The normalized spacial score (nSPS) is 16.1. The monoisotopic (exact) mass is 426 g/mol. The van der Waals surface area contributed by atoms with Crippen molar-refractivity contribution in [3.8, 4) is 11.3 Å². The number of fused-ring (bicyclic) bond motifs is 1. The average Bonchev–Trinajstić information content (AvgIpc) is 3.24. The van der Waals surface area contributed by atoms with E-state index in [-0.39, 0.29) is 17.9 Å². The number of imidazole rings is 1. The highest BCUT2D eigenvalue weighted by Gasteiger charge is 2.27. The predicted octanol–water partition coefficient (Wildman–Crippen LogP) is 3.03. The highest BCUT2D eigenvalue weighted by Crippen LogP contribution is 2.33. The number of rotatable bonds is 4. The van der Waals surface area contributed by atoms with Crippen molar-refractivity contribution in [3.63, 3.8) is 0 Å². The maximum absolute atomic E-state index is 11.4. The molecule has 1 aliphatic heterocycles. The number of nitrogens with one attached hydrogen (secondary N) is 2. The summed E-state index contributed by atoms with van der Waals surface area (Å²) in [4.78, 5) is 29.8. The smallest absolute Gasteiger partial charge is 0.221 e. The van der Waals surface area contributed by atoms with Crippen molar-refractivity contribution < 1.29 is 9.59 Å². The fourth-order valence-corrected chi connectivity index (χ4v) is 4.16. The van der Waals surface area contributed by atoms with Crippen LogP contribution in [0.4, 0.5) is 11.4 Å². The lowest BCUT2D eigenvalue weighted by molar-refractivity contribution is -0.119. The van der Waals surface area contributed by atoms with E-state index in [1.165, 1.54) is 13.8 Å². The predicted molar refractivity (Wildman–Crippen MR) is 117 cm³/mol. The van der Waals surface area contributed by atoms with Gasteiger partial charge in [0.25, 0.3) is 0 Å². The molecule has 1 aliphatic rings. The molecule has 0 spiro atoms. The highest BCUT2D eigenvalue weighted by atomic mass is 35.5. The fourth-order valence-electron chi connectivity index (χ4n) is 3.98. The maximum Gasteiger partial charge on any atom is 0.221 e. The number of hydrogen-bond donors (Lipinski definition) is 2. The molecule has 3 aromatic rings. The fraction of sp³-hybridized carbons (Fsp3) is 0.333. The number of hydrogen-bond acceptors (Lipinski definition) is 5. The van der Waals surface area contributed by atoms with Crippen LogP contribution in [0.25, 0.3) is 16.9 Å². The summed E-state index contributed by atoms with van der Waals surface area (Å²) in [6.45, 7) is 6.42. The molecule has 8 nitrogen and oxygen atoms in total. The third-order valence-electron chi connectivity index (χ3n) is 5.10. The largest absolute Gasteiger partial charge is 0.366 e. The number of aryl methyl sites for hydroxylation is 1. The zero-order chi connectivity index (χ0) is 21.4. The second kappa shape index (κ2) is 7.95. The van der Waals surface area contributed by atoms with Gasteiger partial charge in [-0.3, -0.25) is 9.59 Å². The van der Waals surface area contributed by atoms with Gasteiger partial charge in [-0.25, -0.2) is 9.50 Å². The van der Waals surface area contributed by atoms with E-state index in [9.17, 15) is 9.59 Å². The Kier molecular flexibility index (Phi) is 5.34. The van der Waals surface area contributed by atoms with Crippen molar-refractivity contribution in [2.45, 2.75) is 33.2 Å². The molecule has 0 unspecified atom stereocenters. The van der Waals surface area contributed by atoms with Crippen LogP contribution in [0.2, 0.25) is 5.15 Å². The molecule has 1 aromatic carbocycles. The van der Waals surface area contributed by atoms with Crippen molar-refractivity contribution in [2.24, 2.45) is 0 Å². The Morgan fingerprint density at radius 1 is 1.20 bits per heavy atom. The Labute approximate surface area is 179 Å². The highest BCUT2D eigenvalue weighted by molar-refractivity contribution is 6.29. The molecule has 1 atom stereocenters. The van der Waals surface area contributed by atoms with Crippen LogP contribution < -0.4 is 15.5 Å². The van der Waals surface area contributed by atoms with Crippen LogP contribution in [0, 0.1) is 6.92 Å². The Balaban J connectivity index is 1.77. The van der Waals surface area contributed by atoms with E-state index in [1.54, 1.807) is 4.52 Å². The number of benzene rings is 1. The van der Waals surface area contributed by atoms with E-state index in [0.29, 0.717) is 23.0 Å². The van der Waals surface area contributed by atoms with Crippen LogP contribution in [-0.4, -0.2) is 45.5 Å². The third-order valence-corrected chi connectivity index (χ3v) is 5.29. The molecule has 9 heteroatoms. The SMILES string of the molecule is CC(=O)Nc1cccc(-c2c(C)nc3c(N4CC[C@@H](NC(C)=O)C4)cc(Cl)nn23)c1. The third kappa shape index (κ3) is 3.95. The van der Waals surface area contributed by atoms with Crippen LogP contribution >= 0.6 is 11.6 Å². The van der Waals surface area contributed by atoms with Crippen molar-refractivity contribution in [1.29, 1.82) is 0 Å². The lowest BCUT2D eigenvalue weighted by Crippen LogP contribution is -2.35. The number of nitrogens with zero attached hydrogens (tertiary/aromatic N) is 4. The first-order chi connectivity index (χ1) is 14.3. The first-order valence-electron chi connectivity index (χ1n) is 9.78. The van der Waals surface area contributed by atoms with Gasteiger partial charge in [0, 0.05) is 50.3 Å². The lowest BCUT2D eigenvalue weighted by Gasteiger charge is -2.19. The summed E-state index contributed by atoms with van der Waals surface area (Å²) in [5, 5.41) is 10.6. The molecule has 1 fully saturated rings. The van der Waals surface area contributed by atoms with Crippen LogP contribution in [-0.2, 0) is 9.59 Å². The second-order valence-corrected chi connectivity index (χ2v) is 7.91. The zero-order valence-electron chi connectivity index (χ0n) is 17.1. The minimum absolute atomic E-state index is 0.0299. The lowest BCUT2D eigenvalue weighted by atomic mass is 10.1. The molecule has 0 saturated carbocycles. The minimum Gasteiger partial charge on any atom is -0.366 e. The van der Waals surface area contributed by atoms with Gasteiger partial charge in [-0.05, 0) is 25.5 Å². The van der Waals surface area contributed by atoms with E-state index in [4.69, 9.17) is 16.6 Å². The second-order valence-electron chi connectivity index (χ2n) is 7.53. The average molecular weight is 427 g/mol. The van der Waals surface area contributed by atoms with Gasteiger partial charge in [0.05, 0.1) is 17.1 Å². The quantitative estimate of drug-likeness (QED) is 0.669. The summed E-state index contributed by atoms with van der Waals surface area (Å²) in [6, 6.07) is 9.47. The van der Waals surface area contributed by atoms with Gasteiger partial charge in [-0.2, -0.15) is 5.10 Å². The summed E-state index contributed by atoms with van der Waals surface area (Å²) < 4.78 is 1.76. The molecule has 156 valence electrons. The number of carbonyl (C=O) groups excluding carboxylic acids is 2. The van der Waals surface area contributed by atoms with Gasteiger partial charge in [-0.15, -0.1) is 0 Å². The van der Waals surface area contributed by atoms with Gasteiger partial charge < -0.3 is 15.5 Å². The molecule has 3 heterocycles. The Hall–Kier alpha value is -3.13. The van der Waals surface area contributed by atoms with Crippen LogP contribution in [0.3, 0.4) is 0 Å². The molecule has 30 heavy (non-hydrogen) atoms. The Bertz CT molecular complexity index is 1140. The molecule has 2 N–H and O–H groups in total. The van der Waals surface area contributed by atoms with E-state index in [2.05, 4.69) is 20.6 Å². The van der Waals surface area contributed by atoms with Crippen LogP contribution in [0.1, 0.15) is 26.0 Å². The number of halogens is 1. The number of anilines is 2. The van der Waals surface area contributed by atoms with E-state index in [1.807, 2.05) is 37.3 Å². The van der Waals surface area contributed by atoms with E-state index in [0.717, 1.165) is 35.6 Å². The van der Waals surface area contributed by atoms with E-state index < -0.39 is 0 Å². The van der Waals surface area contributed by atoms with Gasteiger partial charge in [0.15, 0.2) is 10.8 Å². The van der Waals surface area contributed by atoms with Crippen molar-refractivity contribution >= 4 is 40.4 Å². The van der Waals surface area contributed by atoms with Gasteiger partial charge in [-0.1, -0.05) is 23.7 Å². The molecule has 4 rings (SSSR count). The Morgan fingerprint density at radius 3 is 2.73 bits per heavy atom. The molecular weight excluding hydrogens is 404 g/mol. The Morgan fingerprint density at radius 2 is 2.00 bits per heavy atom. The standard InChI is InChI=1S/C21H23ClN6O2/c1-12-20(15-5-4-6-16(9-15)24-13(2)29)28-21(23-12)18(10-19(22)26-28)27-8-7-17(11-27)25-14(3)30/h4-6,9-10,17H,7-8,11H2,1-3H3,(H,24,29)(H,25,30)/t17-/m1/s1. The van der Waals surface area contributed by atoms with Gasteiger partial charge in [0.1, 0.15) is 0 Å². The van der Waals surface area contributed by atoms with Crippen LogP contribution in [0.5, 0.6) is 0 Å². The molecule has 2 aromatic heterocycles. The van der Waals surface area contributed by atoms with E-state index >= 15 is 0 Å². The summed E-state index contributed by atoms with van der Waals surface area (Å²) in [5.74, 6) is -0.161. The minimum atomic E-state index is -0.131. The van der Waals surface area contributed by atoms with Crippen molar-refractivity contribution in [1.82, 2.24) is 19.9 Å². The van der Waals surface area contributed by atoms with Crippen molar-refractivity contribution in [3.05, 3.63) is 41.2 Å². The molecular formula is C21H23ClN6O2. The van der Waals surface area contributed by atoms with Gasteiger partial charge >= 0.3 is 0 Å². The maximum atomic E-state index is 11.4. The molecule has 0 radical (unpaired) electrons. The van der Waals surface area contributed by atoms with Gasteiger partial charge in [0.2, 0.25) is 11.8 Å². The summed E-state index contributed by atoms with van der Waals surface area (Å²) in [5.41, 5.74) is 4.80.